The molecule has 6 heteroatoms. The molecule has 2 aliphatic heterocycles. The van der Waals surface area contributed by atoms with Crippen LogP contribution in [0.2, 0.25) is 0 Å². The number of pyridine rings is 1. The molecule has 0 aliphatic carbocycles. The average molecular weight is 478 g/mol. The molecule has 178 valence electrons. The molecule has 3 heterocycles. The highest BCUT2D eigenvalue weighted by atomic mass is 35.5. The molecular formula is C28H32ClN3O2. The molecule has 1 aromatic heterocycles. The Morgan fingerprint density at radius 1 is 1.00 bits per heavy atom. The normalized spacial score (nSPS) is 17.8. The zero-order chi connectivity index (χ0) is 22.8. The largest absolute Gasteiger partial charge is 0.334 e. The third-order valence-corrected chi connectivity index (χ3v) is 7.19. The Kier molecular flexibility index (Phi) is 7.54. The smallest absolute Gasteiger partial charge is 0.254 e. The zero-order valence-electron chi connectivity index (χ0n) is 19.6. The summed E-state index contributed by atoms with van der Waals surface area (Å²) in [6.45, 7) is 5.96. The van der Waals surface area contributed by atoms with Crippen LogP contribution < -0.4 is 5.56 Å². The minimum atomic E-state index is -0.250. The molecule has 1 N–H and O–H groups in total. The monoisotopic (exact) mass is 477 g/mol. The number of hydrogen-bond acceptors (Lipinski definition) is 3. The minimum Gasteiger partial charge on any atom is -0.334 e. The number of halogens is 1. The van der Waals surface area contributed by atoms with Gasteiger partial charge in [-0.25, -0.2) is 0 Å². The predicted molar refractivity (Wildman–Crippen MR) is 139 cm³/mol. The van der Waals surface area contributed by atoms with Crippen LogP contribution in [0.3, 0.4) is 0 Å². The Morgan fingerprint density at radius 3 is 2.53 bits per heavy atom. The van der Waals surface area contributed by atoms with Crippen LogP contribution in [0, 0.1) is 0 Å². The summed E-state index contributed by atoms with van der Waals surface area (Å²) in [5.41, 5.74) is 6.53. The number of H-pyrrole nitrogens is 1. The van der Waals surface area contributed by atoms with E-state index in [0.717, 1.165) is 25.4 Å². The molecule has 0 saturated carbocycles. The topological polar surface area (TPSA) is 56.4 Å². The number of benzene rings is 2. The quantitative estimate of drug-likeness (QED) is 0.580. The van der Waals surface area contributed by atoms with Crippen molar-refractivity contribution in [3.63, 3.8) is 0 Å². The number of rotatable bonds is 5. The van der Waals surface area contributed by atoms with E-state index in [1.807, 2.05) is 4.90 Å². The number of fused-ring (bicyclic) bond motifs is 1. The van der Waals surface area contributed by atoms with Crippen molar-refractivity contribution in [2.75, 3.05) is 19.6 Å². The maximum atomic E-state index is 12.8. The second kappa shape index (κ2) is 10.6. The fourth-order valence-corrected chi connectivity index (χ4v) is 5.13. The number of aromatic amines is 1. The average Bonchev–Trinajstić information content (AvgIpc) is 3.26. The van der Waals surface area contributed by atoms with Crippen molar-refractivity contribution < 1.29 is 4.79 Å². The van der Waals surface area contributed by atoms with Crippen molar-refractivity contribution >= 4 is 18.3 Å². The van der Waals surface area contributed by atoms with E-state index in [4.69, 9.17) is 0 Å². The Morgan fingerprint density at radius 2 is 1.79 bits per heavy atom. The van der Waals surface area contributed by atoms with Crippen LogP contribution in [0.5, 0.6) is 0 Å². The number of nitrogens with one attached hydrogen (secondary N) is 1. The van der Waals surface area contributed by atoms with Crippen molar-refractivity contribution in [3.05, 3.63) is 93.4 Å². The van der Waals surface area contributed by atoms with E-state index in [1.165, 1.54) is 59.5 Å². The number of amides is 1. The Balaban J connectivity index is 0.00000274. The Hall–Kier alpha value is -2.89. The molecule has 34 heavy (non-hydrogen) atoms. The number of aromatic nitrogens is 1. The first-order valence-electron chi connectivity index (χ1n) is 12.0. The molecule has 1 atom stereocenters. The summed E-state index contributed by atoms with van der Waals surface area (Å²) in [4.78, 5) is 31.3. The second-order valence-electron chi connectivity index (χ2n) is 9.38. The molecule has 1 unspecified atom stereocenters. The van der Waals surface area contributed by atoms with E-state index in [-0.39, 0.29) is 23.9 Å². The molecule has 2 aromatic carbocycles. The summed E-state index contributed by atoms with van der Waals surface area (Å²) >= 11 is 0. The molecule has 5 nitrogen and oxygen atoms in total. The minimum absolute atomic E-state index is 0. The number of hydrogen-bond donors (Lipinski definition) is 1. The molecule has 1 saturated heterocycles. The summed E-state index contributed by atoms with van der Waals surface area (Å²) in [7, 11) is 0. The second-order valence-corrected chi connectivity index (χ2v) is 9.38. The van der Waals surface area contributed by atoms with Crippen molar-refractivity contribution in [2.24, 2.45) is 0 Å². The summed E-state index contributed by atoms with van der Waals surface area (Å²) < 4.78 is 0. The number of likely N-dealkylation sites (tertiary alicyclic amines) is 1. The summed E-state index contributed by atoms with van der Waals surface area (Å²) in [5.74, 6) is -0.0882. The predicted octanol–water partition coefficient (Wildman–Crippen LogP) is 4.69. The van der Waals surface area contributed by atoms with E-state index >= 15 is 0 Å². The molecule has 3 aromatic rings. The lowest BCUT2D eigenvalue weighted by Crippen LogP contribution is -2.36. The molecule has 1 fully saturated rings. The lowest BCUT2D eigenvalue weighted by molar-refractivity contribution is 0.0734. The summed E-state index contributed by atoms with van der Waals surface area (Å²) in [5, 5.41) is 0. The molecular weight excluding hydrogens is 446 g/mol. The fraction of sp³-hybridized carbons (Fsp3) is 0.357. The van der Waals surface area contributed by atoms with Gasteiger partial charge in [0.15, 0.2) is 0 Å². The van der Waals surface area contributed by atoms with Gasteiger partial charge in [0.05, 0.1) is 0 Å². The van der Waals surface area contributed by atoms with Gasteiger partial charge in [0.1, 0.15) is 0 Å². The third kappa shape index (κ3) is 5.26. The number of carbonyl (C=O) groups excluding carboxylic acids is 1. The Bertz CT molecular complexity index is 1200. The van der Waals surface area contributed by atoms with Crippen LogP contribution in [0.1, 0.15) is 46.8 Å². The highest BCUT2D eigenvalue weighted by molar-refractivity contribution is 5.94. The van der Waals surface area contributed by atoms with Crippen molar-refractivity contribution in [1.82, 2.24) is 14.8 Å². The molecule has 0 radical (unpaired) electrons. The Labute approximate surface area is 207 Å². The van der Waals surface area contributed by atoms with Crippen LogP contribution in [0.25, 0.3) is 11.1 Å². The SMILES string of the molecule is CC1CCCN1CCc1ccc(-c2ccc3c(c2)CCN(C(=O)c2cc[nH]c(=O)c2)C3)cc1.Cl. The highest BCUT2D eigenvalue weighted by Crippen LogP contribution is 2.27. The fourth-order valence-electron chi connectivity index (χ4n) is 5.13. The van der Waals surface area contributed by atoms with Gasteiger partial charge in [0, 0.05) is 43.5 Å². The standard InChI is InChI=1S/C28H31N3O2.ClH/c1-20-3-2-14-30(20)15-11-21-4-6-22(7-5-21)23-8-9-26-19-31(16-12-24(26)17-23)28(33)25-10-13-29-27(32)18-25;/h4-10,13,17-18,20H,2-3,11-12,14-16,19H2,1H3,(H,29,32);1H. The van der Waals surface area contributed by atoms with Gasteiger partial charge in [-0.3, -0.25) is 9.59 Å². The van der Waals surface area contributed by atoms with Crippen LogP contribution in [0.4, 0.5) is 0 Å². The van der Waals surface area contributed by atoms with Crippen molar-refractivity contribution in [1.29, 1.82) is 0 Å². The molecule has 5 rings (SSSR count). The van der Waals surface area contributed by atoms with E-state index in [9.17, 15) is 9.59 Å². The van der Waals surface area contributed by atoms with Crippen LogP contribution in [0.15, 0.2) is 65.6 Å². The van der Waals surface area contributed by atoms with Gasteiger partial charge in [-0.1, -0.05) is 42.5 Å². The first-order chi connectivity index (χ1) is 16.1. The molecule has 1 amide bonds. The van der Waals surface area contributed by atoms with E-state index in [1.54, 1.807) is 6.07 Å². The first kappa shape index (κ1) is 24.2. The van der Waals surface area contributed by atoms with Crippen molar-refractivity contribution in [3.8, 4) is 11.1 Å². The van der Waals surface area contributed by atoms with E-state index < -0.39 is 0 Å². The lowest BCUT2D eigenvalue weighted by Gasteiger charge is -2.29. The van der Waals surface area contributed by atoms with E-state index in [2.05, 4.69) is 59.3 Å². The van der Waals surface area contributed by atoms with Gasteiger partial charge in [-0.05, 0) is 73.0 Å². The number of nitrogens with zero attached hydrogens (tertiary/aromatic N) is 2. The maximum absolute atomic E-state index is 12.8. The molecule has 0 bridgehead atoms. The first-order valence-corrected chi connectivity index (χ1v) is 12.0. The van der Waals surface area contributed by atoms with Crippen LogP contribution >= 0.6 is 12.4 Å². The summed E-state index contributed by atoms with van der Waals surface area (Å²) in [6, 6.07) is 19.3. The summed E-state index contributed by atoms with van der Waals surface area (Å²) in [6.07, 6.45) is 6.11. The van der Waals surface area contributed by atoms with Gasteiger partial charge >= 0.3 is 0 Å². The maximum Gasteiger partial charge on any atom is 0.254 e. The highest BCUT2D eigenvalue weighted by Gasteiger charge is 2.22. The van der Waals surface area contributed by atoms with Crippen LogP contribution in [-0.2, 0) is 19.4 Å². The van der Waals surface area contributed by atoms with Crippen molar-refractivity contribution in [2.45, 2.75) is 45.2 Å². The number of carbonyl (C=O) groups is 1. The van der Waals surface area contributed by atoms with Gasteiger partial charge in [-0.2, -0.15) is 0 Å². The van der Waals surface area contributed by atoms with Gasteiger partial charge in [0.25, 0.3) is 5.91 Å². The van der Waals surface area contributed by atoms with Crippen LogP contribution in [-0.4, -0.2) is 46.4 Å². The third-order valence-electron chi connectivity index (χ3n) is 7.19. The van der Waals surface area contributed by atoms with Gasteiger partial charge in [-0.15, -0.1) is 12.4 Å². The molecule has 0 spiro atoms. The van der Waals surface area contributed by atoms with E-state index in [0.29, 0.717) is 18.7 Å². The molecule has 2 aliphatic rings. The van der Waals surface area contributed by atoms with Gasteiger partial charge in [0.2, 0.25) is 5.56 Å². The lowest BCUT2D eigenvalue weighted by atomic mass is 9.94. The van der Waals surface area contributed by atoms with Gasteiger partial charge < -0.3 is 14.8 Å². The zero-order valence-corrected chi connectivity index (χ0v) is 20.4.